The fourth-order valence-corrected chi connectivity index (χ4v) is 2.81. The van der Waals surface area contributed by atoms with E-state index >= 15 is 0 Å². The number of hydrogen-bond donors (Lipinski definition) is 1. The molecule has 1 fully saturated rings. The Morgan fingerprint density at radius 1 is 1.41 bits per heavy atom. The van der Waals surface area contributed by atoms with E-state index in [9.17, 15) is 0 Å². The molecule has 1 aromatic heterocycles. The smallest absolute Gasteiger partial charge is 0.228 e. The molecule has 1 saturated heterocycles. The maximum absolute atomic E-state index is 5.78. The third-order valence-electron chi connectivity index (χ3n) is 3.31. The highest BCUT2D eigenvalue weighted by atomic mass is 79.9. The summed E-state index contributed by atoms with van der Waals surface area (Å²) in [6.07, 6.45) is 6.18. The number of anilines is 2. The van der Waals surface area contributed by atoms with Gasteiger partial charge in [0.15, 0.2) is 0 Å². The van der Waals surface area contributed by atoms with Crippen molar-refractivity contribution in [1.29, 1.82) is 0 Å². The molecule has 1 aliphatic rings. The van der Waals surface area contributed by atoms with Crippen LogP contribution in [0.25, 0.3) is 0 Å². The molecule has 1 atom stereocenters. The average Bonchev–Trinajstić information content (AvgIpc) is 2.52. The van der Waals surface area contributed by atoms with Crippen LogP contribution in [0.2, 0.25) is 0 Å². The molecule has 0 aromatic carbocycles. The molecular formula is C12H19BrN4. The molecule has 2 N–H and O–H groups in total. The Kier molecular flexibility index (Phi) is 4.20. The van der Waals surface area contributed by atoms with Crippen LogP contribution in [0, 0.1) is 0 Å². The largest absolute Gasteiger partial charge is 0.383 e. The molecule has 0 bridgehead atoms. The van der Waals surface area contributed by atoms with E-state index in [4.69, 9.17) is 5.73 Å². The number of nitrogens with two attached hydrogens (primary N) is 1. The van der Waals surface area contributed by atoms with Crippen molar-refractivity contribution in [3.05, 3.63) is 10.7 Å². The van der Waals surface area contributed by atoms with Crippen LogP contribution in [0.4, 0.5) is 11.8 Å². The summed E-state index contributed by atoms with van der Waals surface area (Å²) < 4.78 is 0.763. The van der Waals surface area contributed by atoms with E-state index in [-0.39, 0.29) is 0 Å². The Labute approximate surface area is 111 Å². The highest BCUT2D eigenvalue weighted by molar-refractivity contribution is 9.10. The second kappa shape index (κ2) is 5.67. The van der Waals surface area contributed by atoms with E-state index in [1.165, 1.54) is 25.7 Å². The summed E-state index contributed by atoms with van der Waals surface area (Å²) in [6.45, 7) is 3.26. The molecule has 1 aromatic rings. The Morgan fingerprint density at radius 3 is 2.94 bits per heavy atom. The second-order valence-corrected chi connectivity index (χ2v) is 5.33. The fourth-order valence-electron chi connectivity index (χ4n) is 2.42. The second-order valence-electron chi connectivity index (χ2n) is 4.52. The minimum absolute atomic E-state index is 0.529. The fraction of sp³-hybridized carbons (Fsp3) is 0.667. The first-order valence-electron chi connectivity index (χ1n) is 6.27. The number of halogens is 1. The minimum Gasteiger partial charge on any atom is -0.383 e. The van der Waals surface area contributed by atoms with Gasteiger partial charge in [0.1, 0.15) is 10.4 Å². The van der Waals surface area contributed by atoms with Gasteiger partial charge in [-0.25, -0.2) is 4.98 Å². The molecule has 1 aliphatic heterocycles. The summed E-state index contributed by atoms with van der Waals surface area (Å²) in [4.78, 5) is 11.1. The van der Waals surface area contributed by atoms with Crippen LogP contribution in [-0.4, -0.2) is 22.6 Å². The number of nitrogen functional groups attached to an aromatic ring is 1. The maximum Gasteiger partial charge on any atom is 0.228 e. The lowest BCUT2D eigenvalue weighted by molar-refractivity contribution is 0.547. The van der Waals surface area contributed by atoms with Gasteiger partial charge >= 0.3 is 0 Å². The van der Waals surface area contributed by atoms with Crippen LogP contribution in [-0.2, 0) is 0 Å². The van der Waals surface area contributed by atoms with Crippen LogP contribution >= 0.6 is 15.9 Å². The first kappa shape index (κ1) is 12.6. The van der Waals surface area contributed by atoms with Gasteiger partial charge in [0.2, 0.25) is 5.95 Å². The summed E-state index contributed by atoms with van der Waals surface area (Å²) in [5, 5.41) is 0. The number of rotatable bonds is 2. The molecule has 0 aliphatic carbocycles. The minimum atomic E-state index is 0.529. The van der Waals surface area contributed by atoms with E-state index in [0.29, 0.717) is 11.9 Å². The summed E-state index contributed by atoms with van der Waals surface area (Å²) in [7, 11) is 0. The van der Waals surface area contributed by atoms with Gasteiger partial charge in [0, 0.05) is 18.7 Å². The summed E-state index contributed by atoms with van der Waals surface area (Å²) >= 11 is 3.38. The summed E-state index contributed by atoms with van der Waals surface area (Å²) in [5.41, 5.74) is 5.78. The lowest BCUT2D eigenvalue weighted by atomic mass is 10.1. The molecule has 2 rings (SSSR count). The highest BCUT2D eigenvalue weighted by Crippen LogP contribution is 2.25. The first-order chi connectivity index (χ1) is 8.20. The molecule has 0 saturated carbocycles. The van der Waals surface area contributed by atoms with Gasteiger partial charge in [-0.05, 0) is 35.2 Å². The number of nitrogens with zero attached hydrogens (tertiary/aromatic N) is 3. The normalized spacial score (nSPS) is 21.3. The highest BCUT2D eigenvalue weighted by Gasteiger charge is 2.22. The van der Waals surface area contributed by atoms with Crippen molar-refractivity contribution < 1.29 is 0 Å². The third-order valence-corrected chi connectivity index (χ3v) is 3.71. The molecule has 5 heteroatoms. The zero-order valence-electron chi connectivity index (χ0n) is 10.2. The molecule has 17 heavy (non-hydrogen) atoms. The SMILES string of the molecule is CCC1CCCCCN1c1nc(N)cc(Br)n1. The lowest BCUT2D eigenvalue weighted by Gasteiger charge is -2.29. The lowest BCUT2D eigenvalue weighted by Crippen LogP contribution is -2.35. The molecule has 0 radical (unpaired) electrons. The van der Waals surface area contributed by atoms with Gasteiger partial charge in [0.25, 0.3) is 0 Å². The van der Waals surface area contributed by atoms with Crippen LogP contribution in [0.3, 0.4) is 0 Å². The summed E-state index contributed by atoms with van der Waals surface area (Å²) in [5.74, 6) is 1.30. The van der Waals surface area contributed by atoms with E-state index in [0.717, 1.165) is 23.5 Å². The summed E-state index contributed by atoms with van der Waals surface area (Å²) in [6, 6.07) is 2.29. The zero-order valence-corrected chi connectivity index (χ0v) is 11.8. The van der Waals surface area contributed by atoms with Crippen molar-refractivity contribution in [2.45, 2.75) is 45.1 Å². The van der Waals surface area contributed by atoms with Gasteiger partial charge in [-0.3, -0.25) is 0 Å². The predicted octanol–water partition coefficient (Wildman–Crippen LogP) is 2.98. The standard InChI is InChI=1S/C12H19BrN4/c1-2-9-6-4-3-5-7-17(9)12-15-10(13)8-11(14)16-12/h8-9H,2-7H2,1H3,(H2,14,15,16). The van der Waals surface area contributed by atoms with Gasteiger partial charge in [-0.1, -0.05) is 19.8 Å². The Morgan fingerprint density at radius 2 is 2.24 bits per heavy atom. The van der Waals surface area contributed by atoms with E-state index in [1.807, 2.05) is 0 Å². The van der Waals surface area contributed by atoms with E-state index < -0.39 is 0 Å². The Bertz CT molecular complexity index is 363. The zero-order chi connectivity index (χ0) is 12.3. The Hall–Kier alpha value is -0.840. The monoisotopic (exact) mass is 298 g/mol. The molecule has 2 heterocycles. The van der Waals surface area contributed by atoms with Crippen LogP contribution in [0.5, 0.6) is 0 Å². The van der Waals surface area contributed by atoms with E-state index in [1.54, 1.807) is 6.07 Å². The van der Waals surface area contributed by atoms with Crippen molar-refractivity contribution in [3.8, 4) is 0 Å². The maximum atomic E-state index is 5.78. The Balaban J connectivity index is 2.27. The molecule has 4 nitrogen and oxygen atoms in total. The van der Waals surface area contributed by atoms with Crippen LogP contribution in [0.15, 0.2) is 10.7 Å². The van der Waals surface area contributed by atoms with Gasteiger partial charge in [-0.2, -0.15) is 4.98 Å². The number of aromatic nitrogens is 2. The third kappa shape index (κ3) is 3.09. The molecule has 1 unspecified atom stereocenters. The average molecular weight is 299 g/mol. The van der Waals surface area contributed by atoms with E-state index in [2.05, 4.69) is 37.7 Å². The molecule has 0 amide bonds. The molecular weight excluding hydrogens is 280 g/mol. The molecule has 0 spiro atoms. The van der Waals surface area contributed by atoms with Crippen LogP contribution < -0.4 is 10.6 Å². The molecule has 94 valence electrons. The van der Waals surface area contributed by atoms with Crippen molar-refractivity contribution >= 4 is 27.7 Å². The van der Waals surface area contributed by atoms with Gasteiger partial charge in [-0.15, -0.1) is 0 Å². The first-order valence-corrected chi connectivity index (χ1v) is 7.06. The predicted molar refractivity (Wildman–Crippen MR) is 74.0 cm³/mol. The van der Waals surface area contributed by atoms with Crippen molar-refractivity contribution in [2.24, 2.45) is 0 Å². The topological polar surface area (TPSA) is 55.0 Å². The van der Waals surface area contributed by atoms with Crippen molar-refractivity contribution in [3.63, 3.8) is 0 Å². The van der Waals surface area contributed by atoms with Crippen molar-refractivity contribution in [1.82, 2.24) is 9.97 Å². The van der Waals surface area contributed by atoms with Gasteiger partial charge in [0.05, 0.1) is 0 Å². The van der Waals surface area contributed by atoms with Crippen molar-refractivity contribution in [2.75, 3.05) is 17.2 Å². The van der Waals surface area contributed by atoms with Gasteiger partial charge < -0.3 is 10.6 Å². The quantitative estimate of drug-likeness (QED) is 0.853. The number of hydrogen-bond acceptors (Lipinski definition) is 4. The van der Waals surface area contributed by atoms with Crippen LogP contribution in [0.1, 0.15) is 39.0 Å².